The molecule has 22 heavy (non-hydrogen) atoms. The summed E-state index contributed by atoms with van der Waals surface area (Å²) in [6, 6.07) is 5.15. The van der Waals surface area contributed by atoms with Gasteiger partial charge >= 0.3 is 6.18 Å². The van der Waals surface area contributed by atoms with E-state index in [1.165, 1.54) is 12.1 Å². The van der Waals surface area contributed by atoms with Crippen LogP contribution in [0.4, 0.5) is 13.2 Å². The quantitative estimate of drug-likeness (QED) is 0.626. The van der Waals surface area contributed by atoms with Crippen molar-refractivity contribution in [1.29, 1.82) is 5.26 Å². The fraction of sp³-hybridized carbons (Fsp3) is 0.154. The largest absolute Gasteiger partial charge is 0.417 e. The highest BCUT2D eigenvalue weighted by molar-refractivity contribution is 9.10. The van der Waals surface area contributed by atoms with E-state index in [0.717, 1.165) is 17.8 Å². The van der Waals surface area contributed by atoms with Crippen molar-refractivity contribution in [2.75, 3.05) is 6.26 Å². The smallest absolute Gasteiger partial charge is 0.300 e. The molecule has 2 aromatic rings. The number of alkyl halides is 3. The van der Waals surface area contributed by atoms with E-state index in [1.807, 2.05) is 0 Å². The Labute approximate surface area is 135 Å². The number of thioether (sulfide) groups is 1. The van der Waals surface area contributed by atoms with Crippen LogP contribution in [0.3, 0.4) is 0 Å². The molecule has 114 valence electrons. The van der Waals surface area contributed by atoms with Gasteiger partial charge in [0.15, 0.2) is 5.16 Å². The molecule has 1 N–H and O–H groups in total. The molecule has 1 aromatic heterocycles. The van der Waals surface area contributed by atoms with Crippen molar-refractivity contribution in [3.8, 4) is 17.3 Å². The highest BCUT2D eigenvalue weighted by atomic mass is 79.9. The van der Waals surface area contributed by atoms with Gasteiger partial charge in [-0.05, 0) is 28.3 Å². The first-order valence-corrected chi connectivity index (χ1v) is 7.76. The molecule has 0 radical (unpaired) electrons. The van der Waals surface area contributed by atoms with Gasteiger partial charge in [0.2, 0.25) is 0 Å². The number of benzene rings is 1. The van der Waals surface area contributed by atoms with Gasteiger partial charge in [-0.15, -0.1) is 0 Å². The zero-order valence-electron chi connectivity index (χ0n) is 11.0. The second-order valence-corrected chi connectivity index (χ2v) is 5.66. The Bertz CT molecular complexity index is 827. The minimum Gasteiger partial charge on any atom is -0.300 e. The third kappa shape index (κ3) is 3.03. The van der Waals surface area contributed by atoms with Crippen molar-refractivity contribution in [3.63, 3.8) is 0 Å². The number of aromatic amines is 1. The van der Waals surface area contributed by atoms with Gasteiger partial charge in [-0.1, -0.05) is 23.9 Å². The second-order valence-electron chi connectivity index (χ2n) is 4.08. The molecule has 0 unspecified atom stereocenters. The summed E-state index contributed by atoms with van der Waals surface area (Å²) in [6.07, 6.45) is -2.92. The predicted molar refractivity (Wildman–Crippen MR) is 79.5 cm³/mol. The summed E-state index contributed by atoms with van der Waals surface area (Å²) in [7, 11) is 0. The Hall–Kier alpha value is -1.79. The van der Waals surface area contributed by atoms with E-state index in [9.17, 15) is 18.0 Å². The van der Waals surface area contributed by atoms with Gasteiger partial charge in [0.05, 0.1) is 11.3 Å². The van der Waals surface area contributed by atoms with Crippen molar-refractivity contribution >= 4 is 27.7 Å². The number of H-pyrrole nitrogens is 1. The normalized spacial score (nSPS) is 11.3. The lowest BCUT2D eigenvalue weighted by atomic mass is 10.0. The van der Waals surface area contributed by atoms with Gasteiger partial charge in [0.1, 0.15) is 11.6 Å². The number of halogens is 4. The molecule has 0 saturated carbocycles. The molecule has 2 rings (SSSR count). The first-order valence-electron chi connectivity index (χ1n) is 5.74. The average Bonchev–Trinajstić information content (AvgIpc) is 2.45. The number of hydrogen-bond donors (Lipinski definition) is 1. The van der Waals surface area contributed by atoms with Crippen LogP contribution in [0.25, 0.3) is 11.3 Å². The minimum absolute atomic E-state index is 0.0350. The van der Waals surface area contributed by atoms with Gasteiger partial charge in [0.25, 0.3) is 5.56 Å². The third-order valence-electron chi connectivity index (χ3n) is 2.76. The Balaban J connectivity index is 2.81. The molecule has 0 aliphatic rings. The zero-order valence-corrected chi connectivity index (χ0v) is 13.4. The molecular formula is C13H7BrF3N3OS. The maximum absolute atomic E-state index is 13.0. The molecule has 0 bridgehead atoms. The van der Waals surface area contributed by atoms with E-state index in [-0.39, 0.29) is 26.4 Å². The van der Waals surface area contributed by atoms with Crippen LogP contribution in [0.2, 0.25) is 0 Å². The van der Waals surface area contributed by atoms with E-state index >= 15 is 0 Å². The lowest BCUT2D eigenvalue weighted by molar-refractivity contribution is -0.138. The van der Waals surface area contributed by atoms with Crippen LogP contribution in [0, 0.1) is 11.3 Å². The summed E-state index contributed by atoms with van der Waals surface area (Å²) in [4.78, 5) is 18.3. The summed E-state index contributed by atoms with van der Waals surface area (Å²) in [5, 5.41) is 9.30. The van der Waals surface area contributed by atoms with Crippen LogP contribution in [-0.2, 0) is 6.18 Å². The number of nitrogens with one attached hydrogen (secondary N) is 1. The van der Waals surface area contributed by atoms with E-state index in [0.29, 0.717) is 0 Å². The van der Waals surface area contributed by atoms with E-state index in [4.69, 9.17) is 5.26 Å². The number of nitrogens with zero attached hydrogens (tertiary/aromatic N) is 2. The van der Waals surface area contributed by atoms with Crippen LogP contribution < -0.4 is 5.56 Å². The summed E-state index contributed by atoms with van der Waals surface area (Å²) >= 11 is 4.01. The van der Waals surface area contributed by atoms with Crippen LogP contribution in [0.1, 0.15) is 11.1 Å². The Morgan fingerprint density at radius 3 is 2.64 bits per heavy atom. The summed E-state index contributed by atoms with van der Waals surface area (Å²) in [5.74, 6) is 0. The molecule has 0 atom stereocenters. The van der Waals surface area contributed by atoms with Crippen LogP contribution in [0.15, 0.2) is 32.6 Å². The topological polar surface area (TPSA) is 69.5 Å². The fourth-order valence-corrected chi connectivity index (χ4v) is 2.84. The molecule has 1 heterocycles. The van der Waals surface area contributed by atoms with Crippen molar-refractivity contribution in [2.45, 2.75) is 11.3 Å². The van der Waals surface area contributed by atoms with Gasteiger partial charge in [-0.25, -0.2) is 4.98 Å². The zero-order chi connectivity index (χ0) is 16.5. The minimum atomic E-state index is -4.56. The van der Waals surface area contributed by atoms with Gasteiger partial charge in [-0.2, -0.15) is 18.4 Å². The first kappa shape index (κ1) is 16.6. The van der Waals surface area contributed by atoms with E-state index in [1.54, 1.807) is 12.3 Å². The first-order chi connectivity index (χ1) is 10.3. The molecule has 9 heteroatoms. The lowest BCUT2D eigenvalue weighted by Gasteiger charge is -2.13. The van der Waals surface area contributed by atoms with Crippen molar-refractivity contribution < 1.29 is 13.2 Å². The Morgan fingerprint density at radius 1 is 1.41 bits per heavy atom. The number of aromatic nitrogens is 2. The molecule has 1 aromatic carbocycles. The maximum atomic E-state index is 13.0. The highest BCUT2D eigenvalue weighted by Gasteiger charge is 2.34. The third-order valence-corrected chi connectivity index (χ3v) is 4.20. The SMILES string of the molecule is CSc1nc(-c2cccc(C(F)(F)F)c2Br)c(C#N)c(=O)[nH]1. The average molecular weight is 390 g/mol. The van der Waals surface area contributed by atoms with Gasteiger partial charge in [-0.3, -0.25) is 4.79 Å². The summed E-state index contributed by atoms with van der Waals surface area (Å²) in [5.41, 5.74) is -1.98. The Morgan fingerprint density at radius 2 is 2.09 bits per heavy atom. The number of hydrogen-bond acceptors (Lipinski definition) is 4. The lowest BCUT2D eigenvalue weighted by Crippen LogP contribution is -2.15. The van der Waals surface area contributed by atoms with E-state index in [2.05, 4.69) is 25.9 Å². The summed E-state index contributed by atoms with van der Waals surface area (Å²) in [6.45, 7) is 0. The molecule has 0 saturated heterocycles. The molecule has 4 nitrogen and oxygen atoms in total. The molecule has 0 aliphatic heterocycles. The van der Waals surface area contributed by atoms with Crippen LogP contribution in [0.5, 0.6) is 0 Å². The van der Waals surface area contributed by atoms with Crippen molar-refractivity contribution in [3.05, 3.63) is 44.2 Å². The summed E-state index contributed by atoms with van der Waals surface area (Å²) < 4.78 is 38.6. The van der Waals surface area contributed by atoms with Crippen LogP contribution >= 0.6 is 27.7 Å². The fourth-order valence-electron chi connectivity index (χ4n) is 1.78. The Kier molecular flexibility index (Phi) is 4.63. The second kappa shape index (κ2) is 6.14. The number of nitriles is 1. The number of rotatable bonds is 2. The standard InChI is InChI=1S/C13H7BrF3N3OS/c1-22-12-19-10(7(5-18)11(21)20-12)6-3-2-4-8(9(6)14)13(15,16)17/h2-4H,1H3,(H,19,20,21). The van der Waals surface area contributed by atoms with E-state index < -0.39 is 17.3 Å². The molecule has 0 aliphatic carbocycles. The molecule has 0 fully saturated rings. The van der Waals surface area contributed by atoms with Crippen molar-refractivity contribution in [1.82, 2.24) is 9.97 Å². The predicted octanol–water partition coefficient (Wildman–Crippen LogP) is 3.81. The highest BCUT2D eigenvalue weighted by Crippen LogP contribution is 2.39. The van der Waals surface area contributed by atoms with Crippen molar-refractivity contribution in [2.24, 2.45) is 0 Å². The maximum Gasteiger partial charge on any atom is 0.417 e. The molecule has 0 spiro atoms. The van der Waals surface area contributed by atoms with Gasteiger partial charge < -0.3 is 4.98 Å². The molecular weight excluding hydrogens is 383 g/mol. The monoisotopic (exact) mass is 389 g/mol. The molecule has 0 amide bonds. The van der Waals surface area contributed by atoms with Gasteiger partial charge in [0, 0.05) is 10.0 Å². The van der Waals surface area contributed by atoms with Crippen LogP contribution in [-0.4, -0.2) is 16.2 Å².